The quantitative estimate of drug-likeness (QED) is 0.761. The maximum absolute atomic E-state index is 11.7. The summed E-state index contributed by atoms with van der Waals surface area (Å²) < 4.78 is 5.27. The van der Waals surface area contributed by atoms with Crippen molar-refractivity contribution in [1.29, 1.82) is 0 Å². The molecular formula is C15H21NO4. The lowest BCUT2D eigenvalue weighted by Crippen LogP contribution is -2.46. The summed E-state index contributed by atoms with van der Waals surface area (Å²) in [6.07, 6.45) is 0.683. The number of rotatable bonds is 8. The number of amides is 1. The first-order valence-corrected chi connectivity index (χ1v) is 6.68. The third-order valence-electron chi connectivity index (χ3n) is 3.14. The lowest BCUT2D eigenvalue weighted by Gasteiger charge is -2.20. The summed E-state index contributed by atoms with van der Waals surface area (Å²) in [6.45, 7) is 3.87. The van der Waals surface area contributed by atoms with Crippen molar-refractivity contribution in [2.45, 2.75) is 32.9 Å². The normalized spacial score (nSPS) is 13.5. The number of benzene rings is 1. The van der Waals surface area contributed by atoms with E-state index in [0.29, 0.717) is 13.0 Å². The molecule has 0 spiro atoms. The molecule has 110 valence electrons. The molecule has 2 atom stereocenters. The molecule has 0 fully saturated rings. The van der Waals surface area contributed by atoms with Crippen LogP contribution in [0.25, 0.3) is 0 Å². The number of aliphatic carboxylic acids is 1. The smallest absolute Gasteiger partial charge is 0.326 e. The Labute approximate surface area is 118 Å². The van der Waals surface area contributed by atoms with Gasteiger partial charge in [0.1, 0.15) is 12.6 Å². The highest BCUT2D eigenvalue weighted by molar-refractivity contribution is 5.84. The summed E-state index contributed by atoms with van der Waals surface area (Å²) in [6, 6.07) is 8.62. The number of carboxylic acids is 1. The van der Waals surface area contributed by atoms with Gasteiger partial charge in [0.15, 0.2) is 0 Å². The molecule has 0 saturated carbocycles. The molecule has 0 radical (unpaired) electrons. The second-order valence-corrected chi connectivity index (χ2v) is 4.75. The molecule has 0 heterocycles. The number of carbonyl (C=O) groups is 2. The van der Waals surface area contributed by atoms with Crippen molar-refractivity contribution in [2.24, 2.45) is 5.92 Å². The molecule has 0 saturated heterocycles. The van der Waals surface area contributed by atoms with E-state index in [0.717, 1.165) is 5.56 Å². The van der Waals surface area contributed by atoms with Crippen LogP contribution in [0.15, 0.2) is 30.3 Å². The molecule has 1 aromatic rings. The zero-order chi connectivity index (χ0) is 15.0. The summed E-state index contributed by atoms with van der Waals surface area (Å²) >= 11 is 0. The third kappa shape index (κ3) is 5.40. The van der Waals surface area contributed by atoms with Gasteiger partial charge >= 0.3 is 5.97 Å². The van der Waals surface area contributed by atoms with E-state index in [1.807, 2.05) is 37.3 Å². The molecule has 0 aliphatic heterocycles. The van der Waals surface area contributed by atoms with Crippen molar-refractivity contribution >= 4 is 11.9 Å². The zero-order valence-corrected chi connectivity index (χ0v) is 11.8. The number of hydrogen-bond acceptors (Lipinski definition) is 3. The minimum Gasteiger partial charge on any atom is -0.480 e. The Hall–Kier alpha value is -1.88. The summed E-state index contributed by atoms with van der Waals surface area (Å²) in [5, 5.41) is 11.6. The van der Waals surface area contributed by atoms with Crippen LogP contribution >= 0.6 is 0 Å². The van der Waals surface area contributed by atoms with Crippen LogP contribution in [0.4, 0.5) is 0 Å². The van der Waals surface area contributed by atoms with Crippen LogP contribution in [0, 0.1) is 5.92 Å². The average molecular weight is 279 g/mol. The zero-order valence-electron chi connectivity index (χ0n) is 11.8. The first kappa shape index (κ1) is 16.2. The van der Waals surface area contributed by atoms with E-state index >= 15 is 0 Å². The number of carboxylic acid groups (broad SMARTS) is 1. The lowest BCUT2D eigenvalue weighted by atomic mass is 9.99. The number of hydrogen-bond donors (Lipinski definition) is 2. The largest absolute Gasteiger partial charge is 0.480 e. The van der Waals surface area contributed by atoms with E-state index in [-0.39, 0.29) is 12.5 Å². The van der Waals surface area contributed by atoms with Crippen molar-refractivity contribution in [3.63, 3.8) is 0 Å². The molecule has 0 bridgehead atoms. The Morgan fingerprint density at radius 2 is 1.95 bits per heavy atom. The van der Waals surface area contributed by atoms with Gasteiger partial charge in [0.2, 0.25) is 5.91 Å². The molecule has 20 heavy (non-hydrogen) atoms. The van der Waals surface area contributed by atoms with Crippen LogP contribution in [0.3, 0.4) is 0 Å². The molecule has 1 aromatic carbocycles. The lowest BCUT2D eigenvalue weighted by molar-refractivity contribution is -0.144. The molecule has 1 rings (SSSR count). The van der Waals surface area contributed by atoms with E-state index in [9.17, 15) is 9.59 Å². The van der Waals surface area contributed by atoms with E-state index in [1.165, 1.54) is 0 Å². The molecule has 0 aromatic heterocycles. The SMILES string of the molecule is CC[C@H](C)[C@H](NC(=O)COCc1ccccc1)C(=O)O. The summed E-state index contributed by atoms with van der Waals surface area (Å²) in [7, 11) is 0. The average Bonchev–Trinajstić information content (AvgIpc) is 2.45. The predicted octanol–water partition coefficient (Wildman–Crippen LogP) is 1.82. The minimum atomic E-state index is -1.02. The van der Waals surface area contributed by atoms with Gasteiger partial charge in [-0.1, -0.05) is 50.6 Å². The molecule has 5 nitrogen and oxygen atoms in total. The molecule has 1 amide bonds. The van der Waals surface area contributed by atoms with Crippen molar-refractivity contribution in [3.8, 4) is 0 Å². The van der Waals surface area contributed by atoms with E-state index in [1.54, 1.807) is 6.92 Å². The van der Waals surface area contributed by atoms with Crippen LogP contribution in [-0.2, 0) is 20.9 Å². The molecule has 5 heteroatoms. The minimum absolute atomic E-state index is 0.120. The van der Waals surface area contributed by atoms with Gasteiger partial charge in [-0.2, -0.15) is 0 Å². The summed E-state index contributed by atoms with van der Waals surface area (Å²) in [5.74, 6) is -1.55. The first-order valence-electron chi connectivity index (χ1n) is 6.68. The van der Waals surface area contributed by atoms with Gasteiger partial charge < -0.3 is 15.2 Å². The Morgan fingerprint density at radius 3 is 2.50 bits per heavy atom. The van der Waals surface area contributed by atoms with E-state index in [2.05, 4.69) is 5.32 Å². The van der Waals surface area contributed by atoms with Gasteiger partial charge in [-0.05, 0) is 11.5 Å². The standard InChI is InChI=1S/C15H21NO4/c1-3-11(2)14(15(18)19)16-13(17)10-20-9-12-7-5-4-6-8-12/h4-8,11,14H,3,9-10H2,1-2H3,(H,16,17)(H,18,19)/t11-,14-/m0/s1. The van der Waals surface area contributed by atoms with Crippen LogP contribution in [0.5, 0.6) is 0 Å². The number of carbonyl (C=O) groups excluding carboxylic acids is 1. The van der Waals surface area contributed by atoms with Crippen molar-refractivity contribution in [3.05, 3.63) is 35.9 Å². The van der Waals surface area contributed by atoms with Crippen LogP contribution in [0.1, 0.15) is 25.8 Å². The molecular weight excluding hydrogens is 258 g/mol. The molecule has 0 aliphatic carbocycles. The summed E-state index contributed by atoms with van der Waals surface area (Å²) in [5.41, 5.74) is 0.969. The third-order valence-corrected chi connectivity index (χ3v) is 3.14. The fraction of sp³-hybridized carbons (Fsp3) is 0.467. The summed E-state index contributed by atoms with van der Waals surface area (Å²) in [4.78, 5) is 22.7. The number of ether oxygens (including phenoxy) is 1. The van der Waals surface area contributed by atoms with Gasteiger partial charge in [0.05, 0.1) is 6.61 Å². The molecule has 2 N–H and O–H groups in total. The Bertz CT molecular complexity index is 433. The van der Waals surface area contributed by atoms with Crippen molar-refractivity contribution < 1.29 is 19.4 Å². The van der Waals surface area contributed by atoms with Crippen LogP contribution in [-0.4, -0.2) is 29.6 Å². The van der Waals surface area contributed by atoms with Gasteiger partial charge in [-0.25, -0.2) is 4.79 Å². The fourth-order valence-corrected chi connectivity index (χ4v) is 1.73. The Kier molecular flexibility index (Phi) is 6.73. The second-order valence-electron chi connectivity index (χ2n) is 4.75. The fourth-order valence-electron chi connectivity index (χ4n) is 1.73. The first-order chi connectivity index (χ1) is 9.54. The van der Waals surface area contributed by atoms with Crippen LogP contribution in [0.2, 0.25) is 0 Å². The Balaban J connectivity index is 2.37. The second kappa shape index (κ2) is 8.32. The predicted molar refractivity (Wildman–Crippen MR) is 75.1 cm³/mol. The van der Waals surface area contributed by atoms with Gasteiger partial charge in [0.25, 0.3) is 0 Å². The van der Waals surface area contributed by atoms with Gasteiger partial charge in [-0.3, -0.25) is 4.79 Å². The van der Waals surface area contributed by atoms with E-state index < -0.39 is 17.9 Å². The van der Waals surface area contributed by atoms with Gasteiger partial charge in [-0.15, -0.1) is 0 Å². The maximum Gasteiger partial charge on any atom is 0.326 e. The Morgan fingerprint density at radius 1 is 1.30 bits per heavy atom. The van der Waals surface area contributed by atoms with Crippen molar-refractivity contribution in [2.75, 3.05) is 6.61 Å². The highest BCUT2D eigenvalue weighted by Crippen LogP contribution is 2.08. The topological polar surface area (TPSA) is 75.6 Å². The van der Waals surface area contributed by atoms with Crippen LogP contribution < -0.4 is 5.32 Å². The number of nitrogens with one attached hydrogen (secondary N) is 1. The van der Waals surface area contributed by atoms with Crippen molar-refractivity contribution in [1.82, 2.24) is 5.32 Å². The molecule has 0 unspecified atom stereocenters. The van der Waals surface area contributed by atoms with Gasteiger partial charge in [0, 0.05) is 0 Å². The highest BCUT2D eigenvalue weighted by Gasteiger charge is 2.25. The van der Waals surface area contributed by atoms with E-state index in [4.69, 9.17) is 9.84 Å². The molecule has 0 aliphatic rings. The maximum atomic E-state index is 11.7. The monoisotopic (exact) mass is 279 g/mol. The highest BCUT2D eigenvalue weighted by atomic mass is 16.5.